The molecule has 0 saturated heterocycles. The molecule has 0 spiro atoms. The van der Waals surface area contributed by atoms with E-state index in [4.69, 9.17) is 5.73 Å². The van der Waals surface area contributed by atoms with Gasteiger partial charge in [0.1, 0.15) is 0 Å². The number of Topliss-reactive ketones (excluding diaryl/α,β-unsaturated/α-hetero) is 1. The van der Waals surface area contributed by atoms with Gasteiger partial charge in [-0.15, -0.1) is 0 Å². The molecule has 1 amide bonds. The van der Waals surface area contributed by atoms with Gasteiger partial charge in [0, 0.05) is 17.7 Å². The van der Waals surface area contributed by atoms with E-state index in [2.05, 4.69) is 5.32 Å². The fraction of sp³-hybridized carbons (Fsp3) is 0.467. The predicted molar refractivity (Wildman–Crippen MR) is 75.0 cm³/mol. The third-order valence-electron chi connectivity index (χ3n) is 3.94. The van der Waals surface area contributed by atoms with Gasteiger partial charge in [-0.05, 0) is 43.9 Å². The number of hydrogen-bond donors (Lipinski definition) is 2. The highest BCUT2D eigenvalue weighted by molar-refractivity contribution is 5.97. The number of benzene rings is 1. The summed E-state index contributed by atoms with van der Waals surface area (Å²) in [7, 11) is 0. The van der Waals surface area contributed by atoms with Crippen LogP contribution >= 0.6 is 0 Å². The Kier molecular flexibility index (Phi) is 4.00. The van der Waals surface area contributed by atoms with Gasteiger partial charge in [-0.3, -0.25) is 9.59 Å². The summed E-state index contributed by atoms with van der Waals surface area (Å²) in [6, 6.07) is 7.01. The van der Waals surface area contributed by atoms with E-state index in [0.29, 0.717) is 24.2 Å². The first kappa shape index (κ1) is 13.7. The Hall–Kier alpha value is -1.68. The van der Waals surface area contributed by atoms with Crippen molar-refractivity contribution in [2.45, 2.75) is 32.6 Å². The molecule has 102 valence electrons. The average molecular weight is 260 g/mol. The number of hydrogen-bond acceptors (Lipinski definition) is 3. The molecule has 0 unspecified atom stereocenters. The normalized spacial score (nSPS) is 16.5. The predicted octanol–water partition coefficient (Wildman–Crippen LogP) is 2.35. The van der Waals surface area contributed by atoms with Crippen LogP contribution in [0.2, 0.25) is 0 Å². The number of carbonyl (C=O) groups is 2. The zero-order chi connectivity index (χ0) is 13.9. The lowest BCUT2D eigenvalue weighted by Gasteiger charge is -2.40. The van der Waals surface area contributed by atoms with Gasteiger partial charge in [-0.1, -0.05) is 18.6 Å². The molecule has 1 aliphatic rings. The molecule has 4 nitrogen and oxygen atoms in total. The number of anilines is 1. The molecule has 1 saturated carbocycles. The molecule has 0 aliphatic heterocycles. The topological polar surface area (TPSA) is 72.2 Å². The second kappa shape index (κ2) is 5.53. The molecule has 0 radical (unpaired) electrons. The molecule has 1 fully saturated rings. The quantitative estimate of drug-likeness (QED) is 0.798. The minimum Gasteiger partial charge on any atom is -0.330 e. The second-order valence-corrected chi connectivity index (χ2v) is 5.42. The summed E-state index contributed by atoms with van der Waals surface area (Å²) >= 11 is 0. The summed E-state index contributed by atoms with van der Waals surface area (Å²) in [6.07, 6.45) is 3.69. The summed E-state index contributed by atoms with van der Waals surface area (Å²) in [6.45, 7) is 2.08. The molecule has 0 atom stereocenters. The molecule has 19 heavy (non-hydrogen) atoms. The number of rotatable bonds is 5. The van der Waals surface area contributed by atoms with E-state index in [1.807, 2.05) is 0 Å². The molecule has 0 bridgehead atoms. The largest absolute Gasteiger partial charge is 0.330 e. The molecule has 1 aromatic carbocycles. The summed E-state index contributed by atoms with van der Waals surface area (Å²) in [4.78, 5) is 23.3. The van der Waals surface area contributed by atoms with Crippen LogP contribution in [0.4, 0.5) is 5.69 Å². The van der Waals surface area contributed by atoms with Crippen LogP contribution in [-0.4, -0.2) is 18.2 Å². The van der Waals surface area contributed by atoms with E-state index in [1.54, 1.807) is 24.3 Å². The highest BCUT2D eigenvalue weighted by Crippen LogP contribution is 2.43. The van der Waals surface area contributed by atoms with Crippen LogP contribution < -0.4 is 11.1 Å². The van der Waals surface area contributed by atoms with Crippen molar-refractivity contribution in [3.05, 3.63) is 29.8 Å². The van der Waals surface area contributed by atoms with Crippen molar-refractivity contribution in [1.29, 1.82) is 0 Å². The number of nitrogens with one attached hydrogen (secondary N) is 1. The van der Waals surface area contributed by atoms with Gasteiger partial charge >= 0.3 is 0 Å². The van der Waals surface area contributed by atoms with Crippen molar-refractivity contribution >= 4 is 17.4 Å². The van der Waals surface area contributed by atoms with Crippen molar-refractivity contribution in [2.24, 2.45) is 11.1 Å². The van der Waals surface area contributed by atoms with Crippen LogP contribution in [0.15, 0.2) is 24.3 Å². The third-order valence-corrected chi connectivity index (χ3v) is 3.94. The molecule has 0 aromatic heterocycles. The number of ketones is 1. The van der Waals surface area contributed by atoms with Crippen LogP contribution in [-0.2, 0) is 4.79 Å². The Labute approximate surface area is 113 Å². The number of carbonyl (C=O) groups excluding carboxylic acids is 2. The zero-order valence-electron chi connectivity index (χ0n) is 11.2. The molecule has 4 heteroatoms. The molecule has 1 aromatic rings. The lowest BCUT2D eigenvalue weighted by atomic mass is 9.66. The van der Waals surface area contributed by atoms with Crippen molar-refractivity contribution in [2.75, 3.05) is 11.9 Å². The maximum Gasteiger partial charge on any atom is 0.224 e. The van der Waals surface area contributed by atoms with Crippen LogP contribution in [0.3, 0.4) is 0 Å². The minimum absolute atomic E-state index is 0.00225. The third kappa shape index (κ3) is 3.20. The Morgan fingerprint density at radius 2 is 2.11 bits per heavy atom. The van der Waals surface area contributed by atoms with Gasteiger partial charge in [0.25, 0.3) is 0 Å². The van der Waals surface area contributed by atoms with Crippen LogP contribution in [0.25, 0.3) is 0 Å². The first-order valence-electron chi connectivity index (χ1n) is 6.66. The summed E-state index contributed by atoms with van der Waals surface area (Å²) in [5.41, 5.74) is 7.03. The molecule has 3 N–H and O–H groups in total. The monoisotopic (exact) mass is 260 g/mol. The van der Waals surface area contributed by atoms with Crippen LogP contribution in [0, 0.1) is 5.41 Å². The molecule has 0 heterocycles. The van der Waals surface area contributed by atoms with E-state index in [9.17, 15) is 9.59 Å². The van der Waals surface area contributed by atoms with Crippen molar-refractivity contribution < 1.29 is 9.59 Å². The molecule has 2 rings (SSSR count). The molecular formula is C15H20N2O2. The fourth-order valence-electron chi connectivity index (χ4n) is 2.49. The van der Waals surface area contributed by atoms with Crippen molar-refractivity contribution in [3.63, 3.8) is 0 Å². The van der Waals surface area contributed by atoms with Gasteiger partial charge in [-0.2, -0.15) is 0 Å². The zero-order valence-corrected chi connectivity index (χ0v) is 11.2. The fourth-order valence-corrected chi connectivity index (χ4v) is 2.49. The lowest BCUT2D eigenvalue weighted by Crippen LogP contribution is -2.40. The Morgan fingerprint density at radius 3 is 2.63 bits per heavy atom. The van der Waals surface area contributed by atoms with Gasteiger partial charge in [-0.25, -0.2) is 0 Å². The smallest absolute Gasteiger partial charge is 0.224 e. The van der Waals surface area contributed by atoms with Gasteiger partial charge in [0.05, 0.1) is 0 Å². The maximum atomic E-state index is 12.0. The Bertz CT molecular complexity index is 487. The first-order valence-corrected chi connectivity index (χ1v) is 6.66. The van der Waals surface area contributed by atoms with Crippen LogP contribution in [0.1, 0.15) is 43.0 Å². The molecule has 1 aliphatic carbocycles. The van der Waals surface area contributed by atoms with E-state index in [-0.39, 0.29) is 17.1 Å². The SMILES string of the molecule is CC(=O)c1cccc(NC(=O)CC2(CN)CCC2)c1. The second-order valence-electron chi connectivity index (χ2n) is 5.42. The first-order chi connectivity index (χ1) is 9.04. The summed E-state index contributed by atoms with van der Waals surface area (Å²) in [5, 5.41) is 2.85. The molecular weight excluding hydrogens is 240 g/mol. The van der Waals surface area contributed by atoms with Crippen molar-refractivity contribution in [1.82, 2.24) is 0 Å². The number of nitrogens with two attached hydrogens (primary N) is 1. The standard InChI is InChI=1S/C15H20N2O2/c1-11(18)12-4-2-5-13(8-12)17-14(19)9-15(10-16)6-3-7-15/h2,4-5,8H,3,6-7,9-10,16H2,1H3,(H,17,19). The Morgan fingerprint density at radius 1 is 1.37 bits per heavy atom. The van der Waals surface area contributed by atoms with E-state index in [1.165, 1.54) is 6.92 Å². The summed E-state index contributed by atoms with van der Waals surface area (Å²) < 4.78 is 0. The average Bonchev–Trinajstić information content (AvgIpc) is 2.34. The van der Waals surface area contributed by atoms with Gasteiger partial charge < -0.3 is 11.1 Å². The minimum atomic E-state index is -0.0224. The van der Waals surface area contributed by atoms with Gasteiger partial charge in [0.15, 0.2) is 5.78 Å². The summed E-state index contributed by atoms with van der Waals surface area (Å²) in [5.74, 6) is -0.0284. The highest BCUT2D eigenvalue weighted by atomic mass is 16.1. The van der Waals surface area contributed by atoms with Crippen LogP contribution in [0.5, 0.6) is 0 Å². The maximum absolute atomic E-state index is 12.0. The van der Waals surface area contributed by atoms with E-state index < -0.39 is 0 Å². The van der Waals surface area contributed by atoms with E-state index >= 15 is 0 Å². The van der Waals surface area contributed by atoms with E-state index in [0.717, 1.165) is 19.3 Å². The van der Waals surface area contributed by atoms with Gasteiger partial charge in [0.2, 0.25) is 5.91 Å². The lowest BCUT2D eigenvalue weighted by molar-refractivity contribution is -0.119. The highest BCUT2D eigenvalue weighted by Gasteiger charge is 2.37. The number of amides is 1. The Balaban J connectivity index is 1.99. The van der Waals surface area contributed by atoms with Crippen molar-refractivity contribution in [3.8, 4) is 0 Å².